The van der Waals surface area contributed by atoms with Crippen molar-refractivity contribution in [3.05, 3.63) is 71.8 Å². The molecule has 3 aromatic carbocycles. The third-order valence-corrected chi connectivity index (χ3v) is 5.32. The molecule has 1 amide bonds. The molecule has 174 valence electrons. The Morgan fingerprint density at radius 2 is 1.76 bits per heavy atom. The van der Waals surface area contributed by atoms with Crippen LogP contribution in [0.4, 0.5) is 0 Å². The van der Waals surface area contributed by atoms with Crippen molar-refractivity contribution >= 4 is 22.9 Å². The number of nitrogens with one attached hydrogen (secondary N) is 1. The van der Waals surface area contributed by atoms with E-state index in [4.69, 9.17) is 4.74 Å². The topological polar surface area (TPSA) is 77.4 Å². The lowest BCUT2D eigenvalue weighted by atomic mass is 10.0. The van der Waals surface area contributed by atoms with Crippen LogP contribution in [0.25, 0.3) is 10.8 Å². The van der Waals surface area contributed by atoms with E-state index in [2.05, 4.69) is 64.9 Å². The number of nitrogens with zero attached hydrogens (tertiary/aromatic N) is 3. The van der Waals surface area contributed by atoms with Crippen molar-refractivity contribution in [2.45, 2.75) is 13.5 Å². The molecule has 0 saturated carbocycles. The second-order valence-electron chi connectivity index (χ2n) is 8.03. The van der Waals surface area contributed by atoms with Crippen LogP contribution in [-0.2, 0) is 11.3 Å². The van der Waals surface area contributed by atoms with Crippen LogP contribution in [0, 0.1) is 0 Å². The number of likely N-dealkylation sites (N-methyl/N-ethyl adjacent to an activating group) is 2. The maximum Gasteiger partial charge on any atom is 0.254 e. The van der Waals surface area contributed by atoms with Crippen LogP contribution < -0.4 is 10.2 Å². The van der Waals surface area contributed by atoms with E-state index in [0.717, 1.165) is 19.6 Å². The maximum atomic E-state index is 12.2. The fraction of sp³-hybridized carbons (Fsp3) is 0.308. The molecule has 7 nitrogen and oxygen atoms in total. The molecule has 3 aromatic rings. The average Bonchev–Trinajstić information content (AvgIpc) is 2.80. The Balaban J connectivity index is 1.44. The van der Waals surface area contributed by atoms with E-state index in [0.29, 0.717) is 17.9 Å². The first-order chi connectivity index (χ1) is 16.0. The molecule has 0 aliphatic rings. The quantitative estimate of drug-likeness (QED) is 0.347. The minimum Gasteiger partial charge on any atom is -0.504 e. The SMILES string of the molecule is CCOc1cccc(/C=N/NC(=O)CN(C)CCN(C)Cc2cccc3ccccc23)c1O. The highest BCUT2D eigenvalue weighted by molar-refractivity contribution is 5.87. The number of phenolic OH excluding ortho intramolecular Hbond substituents is 1. The summed E-state index contributed by atoms with van der Waals surface area (Å²) in [7, 11) is 4.00. The van der Waals surface area contributed by atoms with Crippen molar-refractivity contribution in [2.75, 3.05) is 40.3 Å². The van der Waals surface area contributed by atoms with Gasteiger partial charge in [0, 0.05) is 25.2 Å². The molecule has 3 rings (SSSR count). The molecule has 2 N–H and O–H groups in total. The molecule has 0 saturated heterocycles. The summed E-state index contributed by atoms with van der Waals surface area (Å²) in [6.07, 6.45) is 1.41. The Morgan fingerprint density at radius 1 is 1.03 bits per heavy atom. The van der Waals surface area contributed by atoms with Gasteiger partial charge in [0.15, 0.2) is 11.5 Å². The zero-order valence-corrected chi connectivity index (χ0v) is 19.5. The Morgan fingerprint density at radius 3 is 2.58 bits per heavy atom. The van der Waals surface area contributed by atoms with Crippen molar-refractivity contribution in [1.82, 2.24) is 15.2 Å². The number of para-hydroxylation sites is 1. The van der Waals surface area contributed by atoms with Gasteiger partial charge in [0.2, 0.25) is 0 Å². The standard InChI is InChI=1S/C26H32N4O3/c1-4-33-24-14-8-11-21(26(24)32)17-27-28-25(31)19-30(3)16-15-29(2)18-22-12-7-10-20-9-5-6-13-23(20)22/h5-14,17,32H,4,15-16,18-19H2,1-3H3,(H,28,31)/b27-17+. The third-order valence-electron chi connectivity index (χ3n) is 5.32. The zero-order chi connectivity index (χ0) is 23.6. The Kier molecular flexibility index (Phi) is 8.80. The summed E-state index contributed by atoms with van der Waals surface area (Å²) in [5.41, 5.74) is 4.28. The van der Waals surface area contributed by atoms with Crippen LogP contribution in [0.3, 0.4) is 0 Å². The summed E-state index contributed by atoms with van der Waals surface area (Å²) < 4.78 is 5.35. The summed E-state index contributed by atoms with van der Waals surface area (Å²) in [6, 6.07) is 19.9. The number of carbonyl (C=O) groups is 1. The molecule has 0 radical (unpaired) electrons. The molecule has 0 atom stereocenters. The van der Waals surface area contributed by atoms with E-state index in [1.54, 1.807) is 18.2 Å². The highest BCUT2D eigenvalue weighted by atomic mass is 16.5. The summed E-state index contributed by atoms with van der Waals surface area (Å²) >= 11 is 0. The van der Waals surface area contributed by atoms with Crippen LogP contribution in [-0.4, -0.2) is 67.4 Å². The number of rotatable bonds is 11. The van der Waals surface area contributed by atoms with Crippen LogP contribution in [0.1, 0.15) is 18.1 Å². The van der Waals surface area contributed by atoms with Gasteiger partial charge in [-0.1, -0.05) is 48.5 Å². The maximum absolute atomic E-state index is 12.2. The normalized spacial score (nSPS) is 11.5. The van der Waals surface area contributed by atoms with Crippen LogP contribution in [0.15, 0.2) is 65.8 Å². The molecular weight excluding hydrogens is 416 g/mol. The zero-order valence-electron chi connectivity index (χ0n) is 19.5. The van der Waals surface area contributed by atoms with E-state index < -0.39 is 0 Å². The number of hydrazone groups is 1. The van der Waals surface area contributed by atoms with Crippen molar-refractivity contribution in [2.24, 2.45) is 5.10 Å². The fourth-order valence-corrected chi connectivity index (χ4v) is 3.59. The monoisotopic (exact) mass is 448 g/mol. The molecule has 0 spiro atoms. The molecule has 0 unspecified atom stereocenters. The van der Waals surface area contributed by atoms with Crippen LogP contribution in [0.2, 0.25) is 0 Å². The van der Waals surface area contributed by atoms with E-state index >= 15 is 0 Å². The largest absolute Gasteiger partial charge is 0.504 e. The predicted octanol–water partition coefficient (Wildman–Crippen LogP) is 3.46. The van der Waals surface area contributed by atoms with Gasteiger partial charge in [-0.25, -0.2) is 5.43 Å². The lowest BCUT2D eigenvalue weighted by molar-refractivity contribution is -0.121. The fourth-order valence-electron chi connectivity index (χ4n) is 3.59. The molecule has 33 heavy (non-hydrogen) atoms. The second kappa shape index (κ2) is 12.0. The lowest BCUT2D eigenvalue weighted by Crippen LogP contribution is -2.37. The molecule has 0 heterocycles. The van der Waals surface area contributed by atoms with Gasteiger partial charge in [0.05, 0.1) is 19.4 Å². The summed E-state index contributed by atoms with van der Waals surface area (Å²) in [5.74, 6) is 0.176. The van der Waals surface area contributed by atoms with Gasteiger partial charge < -0.3 is 14.7 Å². The Labute approximate surface area is 195 Å². The highest BCUT2D eigenvalue weighted by Gasteiger charge is 2.09. The number of hydrogen-bond acceptors (Lipinski definition) is 6. The number of benzene rings is 3. The van der Waals surface area contributed by atoms with E-state index in [-0.39, 0.29) is 18.2 Å². The number of ether oxygens (including phenoxy) is 1. The van der Waals surface area contributed by atoms with Gasteiger partial charge in [0.1, 0.15) is 0 Å². The first kappa shape index (κ1) is 24.2. The van der Waals surface area contributed by atoms with Gasteiger partial charge in [-0.05, 0) is 49.5 Å². The van der Waals surface area contributed by atoms with Crippen molar-refractivity contribution < 1.29 is 14.6 Å². The molecule has 0 aliphatic carbocycles. The van der Waals surface area contributed by atoms with Gasteiger partial charge >= 0.3 is 0 Å². The second-order valence-corrected chi connectivity index (χ2v) is 8.03. The number of aromatic hydroxyl groups is 1. The highest BCUT2D eigenvalue weighted by Crippen LogP contribution is 2.28. The summed E-state index contributed by atoms with van der Waals surface area (Å²) in [6.45, 7) is 4.94. The molecule has 7 heteroatoms. The van der Waals surface area contributed by atoms with E-state index in [1.165, 1.54) is 22.6 Å². The van der Waals surface area contributed by atoms with Gasteiger partial charge in [-0.3, -0.25) is 9.69 Å². The number of phenols is 1. The van der Waals surface area contributed by atoms with Gasteiger partial charge in [-0.2, -0.15) is 5.10 Å². The number of carbonyl (C=O) groups excluding carboxylic acids is 1. The van der Waals surface area contributed by atoms with Crippen molar-refractivity contribution in [1.29, 1.82) is 0 Å². The first-order valence-electron chi connectivity index (χ1n) is 11.1. The average molecular weight is 449 g/mol. The number of fused-ring (bicyclic) bond motifs is 1. The van der Waals surface area contributed by atoms with E-state index in [9.17, 15) is 9.90 Å². The number of amides is 1. The lowest BCUT2D eigenvalue weighted by Gasteiger charge is -2.22. The third kappa shape index (κ3) is 7.03. The van der Waals surface area contributed by atoms with Crippen LogP contribution in [0.5, 0.6) is 11.5 Å². The molecular formula is C26H32N4O3. The van der Waals surface area contributed by atoms with Gasteiger partial charge in [0.25, 0.3) is 5.91 Å². The summed E-state index contributed by atoms with van der Waals surface area (Å²) in [5, 5.41) is 16.7. The minimum absolute atomic E-state index is 0.00342. The van der Waals surface area contributed by atoms with Crippen molar-refractivity contribution in [3.8, 4) is 11.5 Å². The smallest absolute Gasteiger partial charge is 0.254 e. The number of hydrogen-bond donors (Lipinski definition) is 2. The Hall–Kier alpha value is -3.42. The van der Waals surface area contributed by atoms with Crippen LogP contribution >= 0.6 is 0 Å². The summed E-state index contributed by atoms with van der Waals surface area (Å²) in [4.78, 5) is 16.4. The molecule has 0 aliphatic heterocycles. The Bertz CT molecular complexity index is 1090. The van der Waals surface area contributed by atoms with Crippen molar-refractivity contribution in [3.63, 3.8) is 0 Å². The van der Waals surface area contributed by atoms with Gasteiger partial charge in [-0.15, -0.1) is 0 Å². The van der Waals surface area contributed by atoms with E-state index in [1.807, 2.05) is 18.9 Å². The first-order valence-corrected chi connectivity index (χ1v) is 11.1. The molecule has 0 fully saturated rings. The molecule has 0 bridgehead atoms. The molecule has 0 aromatic heterocycles. The minimum atomic E-state index is -0.217. The predicted molar refractivity (Wildman–Crippen MR) is 133 cm³/mol.